The number of aromatic amines is 1. The molecule has 1 saturated heterocycles. The summed E-state index contributed by atoms with van der Waals surface area (Å²) in [6.45, 7) is 1.53. The summed E-state index contributed by atoms with van der Waals surface area (Å²) in [7, 11) is 1.74. The molecular weight excluding hydrogens is 368 g/mol. The van der Waals surface area contributed by atoms with Crippen molar-refractivity contribution in [2.24, 2.45) is 12.2 Å². The van der Waals surface area contributed by atoms with Crippen LogP contribution < -0.4 is 15.8 Å². The van der Waals surface area contributed by atoms with Crippen molar-refractivity contribution in [3.05, 3.63) is 73.1 Å². The molecule has 11 nitrogen and oxygen atoms in total. The number of ketones is 1. The second-order valence-corrected chi connectivity index (χ2v) is 6.61. The highest BCUT2D eigenvalue weighted by atomic mass is 16.5. The van der Waals surface area contributed by atoms with Crippen molar-refractivity contribution in [2.45, 2.75) is 37.8 Å². The molecular formula is C17H19N6O5+. The maximum absolute atomic E-state index is 12.6. The fraction of sp³-hybridized carbons (Fsp3) is 0.412. The first-order valence-electron chi connectivity index (χ1n) is 8.51. The van der Waals surface area contributed by atoms with Crippen LogP contribution in [0.4, 0.5) is 0 Å². The Bertz CT molecular complexity index is 1070. The van der Waals surface area contributed by atoms with Crippen LogP contribution in [0, 0.1) is 6.92 Å². The number of hydrogen-bond donors (Lipinski definition) is 2. The number of hydrogen-bond acceptors (Lipinski definition) is 6. The van der Waals surface area contributed by atoms with Gasteiger partial charge in [0.15, 0.2) is 18.2 Å². The van der Waals surface area contributed by atoms with Crippen LogP contribution in [-0.2, 0) is 11.8 Å². The number of nitrogens with zero attached hydrogens (tertiary/aromatic N) is 5. The third-order valence-electron chi connectivity index (χ3n) is 4.60. The monoisotopic (exact) mass is 387 g/mol. The van der Waals surface area contributed by atoms with Crippen LogP contribution in [-0.4, -0.2) is 38.7 Å². The number of carbonyl (C=O) groups is 1. The molecule has 0 saturated carbocycles. The van der Waals surface area contributed by atoms with Gasteiger partial charge in [-0.2, -0.15) is 0 Å². The van der Waals surface area contributed by atoms with E-state index in [1.165, 1.54) is 13.1 Å². The number of carbonyl (C=O) groups excluding carboxylic acids is 1. The van der Waals surface area contributed by atoms with Crippen LogP contribution >= 0.6 is 0 Å². The number of aromatic nitrogens is 3. The summed E-state index contributed by atoms with van der Waals surface area (Å²) in [4.78, 5) is 41.2. The van der Waals surface area contributed by atoms with Crippen LogP contribution in [0.25, 0.3) is 10.4 Å². The summed E-state index contributed by atoms with van der Waals surface area (Å²) < 4.78 is 8.53. The van der Waals surface area contributed by atoms with Gasteiger partial charge in [-0.05, 0) is 18.5 Å². The van der Waals surface area contributed by atoms with Crippen molar-refractivity contribution in [1.82, 2.24) is 9.55 Å². The second-order valence-electron chi connectivity index (χ2n) is 6.61. The van der Waals surface area contributed by atoms with Crippen molar-refractivity contribution in [3.63, 3.8) is 0 Å². The molecule has 3 heterocycles. The van der Waals surface area contributed by atoms with Gasteiger partial charge in [-0.3, -0.25) is 19.1 Å². The molecule has 1 aliphatic heterocycles. The van der Waals surface area contributed by atoms with E-state index in [1.54, 1.807) is 36.1 Å². The number of aliphatic hydroxyl groups is 1. The lowest BCUT2D eigenvalue weighted by molar-refractivity contribution is -0.671. The number of rotatable bonds is 5. The van der Waals surface area contributed by atoms with Crippen molar-refractivity contribution >= 4 is 5.78 Å². The molecule has 2 aromatic rings. The van der Waals surface area contributed by atoms with Gasteiger partial charge in [-0.15, -0.1) is 0 Å². The van der Waals surface area contributed by atoms with E-state index in [4.69, 9.17) is 10.3 Å². The van der Waals surface area contributed by atoms with E-state index in [0.717, 1.165) is 4.57 Å². The topological polar surface area (TPSA) is 154 Å². The highest BCUT2D eigenvalue weighted by molar-refractivity contribution is 5.99. The summed E-state index contributed by atoms with van der Waals surface area (Å²) in [5, 5.41) is 14.2. The molecule has 0 radical (unpaired) electrons. The molecule has 1 fully saturated rings. The molecule has 3 rings (SSSR count). The number of pyridine rings is 1. The molecule has 11 heteroatoms. The number of Topliss-reactive ketones (excluding diaryl/α,β-unsaturated/α-hetero) is 1. The van der Waals surface area contributed by atoms with Gasteiger partial charge in [0.05, 0.1) is 11.6 Å². The summed E-state index contributed by atoms with van der Waals surface area (Å²) in [5.74, 6) is -0.593. The highest BCUT2D eigenvalue weighted by Gasteiger charge is 2.43. The second kappa shape index (κ2) is 7.77. The van der Waals surface area contributed by atoms with Gasteiger partial charge in [0.2, 0.25) is 0 Å². The number of H-pyrrole nitrogens is 1. The molecule has 4 atom stereocenters. The summed E-state index contributed by atoms with van der Waals surface area (Å²) >= 11 is 0. The maximum atomic E-state index is 12.6. The molecule has 0 aliphatic carbocycles. The van der Waals surface area contributed by atoms with Gasteiger partial charge < -0.3 is 9.84 Å². The fourth-order valence-electron chi connectivity index (χ4n) is 3.17. The van der Waals surface area contributed by atoms with E-state index < -0.39 is 41.5 Å². The van der Waals surface area contributed by atoms with Crippen LogP contribution in [0.15, 0.2) is 45.4 Å². The highest BCUT2D eigenvalue weighted by Crippen LogP contribution is 2.32. The van der Waals surface area contributed by atoms with E-state index in [1.807, 2.05) is 0 Å². The lowest BCUT2D eigenvalue weighted by Gasteiger charge is -2.20. The zero-order chi connectivity index (χ0) is 20.4. The molecule has 0 aromatic carbocycles. The summed E-state index contributed by atoms with van der Waals surface area (Å²) in [6, 6.07) is 2.34. The van der Waals surface area contributed by atoms with Crippen LogP contribution in [0.2, 0.25) is 0 Å². The van der Waals surface area contributed by atoms with Crippen molar-refractivity contribution in [2.75, 3.05) is 0 Å². The molecule has 1 aliphatic rings. The van der Waals surface area contributed by atoms with Gasteiger partial charge in [0, 0.05) is 29.2 Å². The van der Waals surface area contributed by atoms with E-state index in [0.29, 0.717) is 5.56 Å². The first kappa shape index (κ1) is 19.5. The third kappa shape index (κ3) is 3.72. The quantitative estimate of drug-likeness (QED) is 0.241. The number of aryl methyl sites for hydroxylation is 2. The number of azide groups is 1. The Hall–Kier alpha value is -3.27. The smallest absolute Gasteiger partial charge is 0.330 e. The Morgan fingerprint density at radius 2 is 2.29 bits per heavy atom. The summed E-state index contributed by atoms with van der Waals surface area (Å²) in [6.07, 6.45) is 1.04. The minimum atomic E-state index is -1.59. The molecule has 2 unspecified atom stereocenters. The third-order valence-corrected chi connectivity index (χ3v) is 4.60. The molecule has 0 amide bonds. The first-order chi connectivity index (χ1) is 13.3. The average Bonchev–Trinajstić information content (AvgIpc) is 3.07. The van der Waals surface area contributed by atoms with Gasteiger partial charge in [-0.25, -0.2) is 9.36 Å². The Labute approximate surface area is 158 Å². The molecule has 2 N–H and O–H groups in total. The summed E-state index contributed by atoms with van der Waals surface area (Å²) in [5.41, 5.74) is 8.17. The minimum Gasteiger partial charge on any atom is -0.382 e. The van der Waals surface area contributed by atoms with Gasteiger partial charge in [0.1, 0.15) is 25.5 Å². The molecule has 0 bridgehead atoms. The van der Waals surface area contributed by atoms with Gasteiger partial charge >= 0.3 is 5.69 Å². The Morgan fingerprint density at radius 1 is 1.54 bits per heavy atom. The molecule has 2 aromatic heterocycles. The molecule has 0 spiro atoms. The standard InChI is InChI=1S/C17H18N6O5/c1-9-7-23(17(27)19-16(9)26)12-6-11(20-21-18)15(28-12)14(25)13(24)10-4-3-5-22(2)8-10/h3-5,7-8,11-12,14-15,25H,6H2,1-2H3/p+1/t11?,12-,14?,15+/m1/s1. The normalized spacial score (nSPS) is 22.5. The molecule has 28 heavy (non-hydrogen) atoms. The van der Waals surface area contributed by atoms with Crippen molar-refractivity contribution in [3.8, 4) is 0 Å². The van der Waals surface area contributed by atoms with E-state index in [9.17, 15) is 19.5 Å². The predicted octanol–water partition coefficient (Wildman–Crippen LogP) is -0.120. The Morgan fingerprint density at radius 3 is 2.96 bits per heavy atom. The van der Waals surface area contributed by atoms with E-state index in [-0.39, 0.29) is 12.0 Å². The minimum absolute atomic E-state index is 0.0625. The SMILES string of the molecule is Cc1cn([C@H]2CC(N=[N+]=[N-])[C@@H](C(O)C(=O)c3ccc[n+](C)c3)O2)c(=O)[nH]c1=O. The largest absolute Gasteiger partial charge is 0.382 e. The zero-order valence-corrected chi connectivity index (χ0v) is 15.2. The first-order valence-corrected chi connectivity index (χ1v) is 8.51. The van der Waals surface area contributed by atoms with Crippen molar-refractivity contribution < 1.29 is 19.2 Å². The number of ether oxygens (including phenoxy) is 1. The van der Waals surface area contributed by atoms with Crippen molar-refractivity contribution in [1.29, 1.82) is 0 Å². The number of aliphatic hydroxyl groups excluding tert-OH is 1. The predicted molar refractivity (Wildman–Crippen MR) is 95.5 cm³/mol. The maximum Gasteiger partial charge on any atom is 0.330 e. The molecule has 146 valence electrons. The zero-order valence-electron chi connectivity index (χ0n) is 15.2. The van der Waals surface area contributed by atoms with Crippen LogP contribution in [0.3, 0.4) is 0 Å². The lowest BCUT2D eigenvalue weighted by atomic mass is 9.98. The van der Waals surface area contributed by atoms with E-state index >= 15 is 0 Å². The van der Waals surface area contributed by atoms with Crippen LogP contribution in [0.1, 0.15) is 28.6 Å². The van der Waals surface area contributed by atoms with Gasteiger partial charge in [0.25, 0.3) is 5.56 Å². The van der Waals surface area contributed by atoms with Crippen LogP contribution in [0.5, 0.6) is 0 Å². The Kier molecular flexibility index (Phi) is 5.41. The Balaban J connectivity index is 1.91. The fourth-order valence-corrected chi connectivity index (χ4v) is 3.17. The van der Waals surface area contributed by atoms with Gasteiger partial charge in [-0.1, -0.05) is 5.11 Å². The van der Waals surface area contributed by atoms with E-state index in [2.05, 4.69) is 15.0 Å². The number of nitrogens with one attached hydrogen (secondary N) is 1. The average molecular weight is 387 g/mol. The lowest BCUT2D eigenvalue weighted by Crippen LogP contribution is -2.41.